The normalized spacial score (nSPS) is 11.6. The van der Waals surface area contributed by atoms with E-state index in [-0.39, 0.29) is 48.1 Å². The monoisotopic (exact) mass is 466 g/mol. The molecule has 0 aliphatic heterocycles. The van der Waals surface area contributed by atoms with Gasteiger partial charge in [0.1, 0.15) is 11.3 Å². The van der Waals surface area contributed by atoms with Crippen LogP contribution in [0.4, 0.5) is 5.82 Å². The highest BCUT2D eigenvalue weighted by atomic mass is 16.2. The minimum absolute atomic E-state index is 0.0999. The summed E-state index contributed by atoms with van der Waals surface area (Å²) in [4.78, 5) is 48.7. The second-order valence-electron chi connectivity index (χ2n) is 9.62. The molecule has 2 heterocycles. The molecule has 182 valence electrons. The number of carbonyl (C=O) groups excluding carboxylic acids is 2. The van der Waals surface area contributed by atoms with E-state index in [2.05, 4.69) is 27.2 Å². The van der Waals surface area contributed by atoms with Gasteiger partial charge in [-0.3, -0.25) is 14.2 Å². The molecular formula is C25H34N6O3. The number of nitrogens with one attached hydrogen (secondary N) is 2. The van der Waals surface area contributed by atoms with Crippen molar-refractivity contribution in [1.29, 1.82) is 0 Å². The molecule has 34 heavy (non-hydrogen) atoms. The van der Waals surface area contributed by atoms with Gasteiger partial charge in [-0.25, -0.2) is 14.8 Å². The number of unbranched alkanes of at least 4 members (excludes halogenated alkanes) is 2. The molecule has 3 rings (SSSR count). The highest BCUT2D eigenvalue weighted by Gasteiger charge is 2.16. The molecule has 0 spiro atoms. The summed E-state index contributed by atoms with van der Waals surface area (Å²) < 4.78 is 1.53. The Morgan fingerprint density at radius 3 is 2.44 bits per heavy atom. The summed E-state index contributed by atoms with van der Waals surface area (Å²) in [5.41, 5.74) is 7.72. The number of rotatable bonds is 10. The van der Waals surface area contributed by atoms with Gasteiger partial charge in [-0.05, 0) is 32.8 Å². The Kier molecular flexibility index (Phi) is 7.86. The first kappa shape index (κ1) is 25.1. The summed E-state index contributed by atoms with van der Waals surface area (Å²) in [6, 6.07) is 7.05. The van der Waals surface area contributed by atoms with E-state index >= 15 is 0 Å². The number of aryl methyl sites for hydroxylation is 1. The van der Waals surface area contributed by atoms with Gasteiger partial charge >= 0.3 is 5.69 Å². The van der Waals surface area contributed by atoms with Crippen molar-refractivity contribution in [3.05, 3.63) is 51.7 Å². The molecule has 9 nitrogen and oxygen atoms in total. The number of carbonyl (C=O) groups is 2. The van der Waals surface area contributed by atoms with Crippen molar-refractivity contribution in [3.63, 3.8) is 0 Å². The Morgan fingerprint density at radius 2 is 1.79 bits per heavy atom. The predicted molar refractivity (Wildman–Crippen MR) is 133 cm³/mol. The standard InChI is InChI=1S/C25H34N6O3/c1-5-6-7-8-19-27-22(26)21-23(28-19)31(24(34)29-21)15-16-9-11-17(12-10-16)18(32)13-14-20(33)30-25(2,3)4/h9-12H,5-8,13-15H2,1-4H3,(H,29,34)(H,30,33)(H2,26,27,28). The number of Topliss-reactive ketones (excluding diaryl/α,β-unsaturated/α-hetero) is 1. The lowest BCUT2D eigenvalue weighted by atomic mass is 10.0. The van der Waals surface area contributed by atoms with Crippen molar-refractivity contribution in [3.8, 4) is 0 Å². The summed E-state index contributed by atoms with van der Waals surface area (Å²) in [7, 11) is 0. The number of imidazole rings is 1. The summed E-state index contributed by atoms with van der Waals surface area (Å²) in [6.07, 6.45) is 4.12. The Balaban J connectivity index is 1.71. The number of nitrogen functional groups attached to an aromatic ring is 1. The number of hydrogen-bond acceptors (Lipinski definition) is 6. The fourth-order valence-corrected chi connectivity index (χ4v) is 3.72. The zero-order valence-electron chi connectivity index (χ0n) is 20.4. The minimum Gasteiger partial charge on any atom is -0.382 e. The fourth-order valence-electron chi connectivity index (χ4n) is 3.72. The topological polar surface area (TPSA) is 136 Å². The lowest BCUT2D eigenvalue weighted by molar-refractivity contribution is -0.122. The van der Waals surface area contributed by atoms with E-state index in [1.54, 1.807) is 24.3 Å². The van der Waals surface area contributed by atoms with Crippen molar-refractivity contribution >= 4 is 28.7 Å². The van der Waals surface area contributed by atoms with E-state index in [1.807, 2.05) is 20.8 Å². The van der Waals surface area contributed by atoms with Crippen molar-refractivity contribution in [2.45, 2.75) is 78.3 Å². The summed E-state index contributed by atoms with van der Waals surface area (Å²) in [5, 5.41) is 2.86. The third-order valence-corrected chi connectivity index (χ3v) is 5.41. The number of anilines is 1. The quantitative estimate of drug-likeness (QED) is 0.310. The van der Waals surface area contributed by atoms with E-state index in [4.69, 9.17) is 5.73 Å². The molecule has 3 aromatic rings. The van der Waals surface area contributed by atoms with Gasteiger partial charge in [-0.15, -0.1) is 0 Å². The SMILES string of the molecule is CCCCCc1nc(N)c2[nH]c(=O)n(Cc3ccc(C(=O)CCC(=O)NC(C)(C)C)cc3)c2n1. The Labute approximate surface area is 199 Å². The molecule has 1 aromatic carbocycles. The molecule has 1 amide bonds. The van der Waals surface area contributed by atoms with E-state index in [9.17, 15) is 14.4 Å². The van der Waals surface area contributed by atoms with Crippen LogP contribution in [-0.4, -0.2) is 36.7 Å². The third-order valence-electron chi connectivity index (χ3n) is 5.41. The first-order chi connectivity index (χ1) is 16.1. The van der Waals surface area contributed by atoms with Crippen LogP contribution in [0, 0.1) is 0 Å². The smallest absolute Gasteiger partial charge is 0.328 e. The summed E-state index contributed by atoms with van der Waals surface area (Å²) >= 11 is 0. The van der Waals surface area contributed by atoms with Crippen LogP contribution in [0.25, 0.3) is 11.2 Å². The van der Waals surface area contributed by atoms with Crippen LogP contribution in [0.15, 0.2) is 29.1 Å². The highest BCUT2D eigenvalue weighted by Crippen LogP contribution is 2.17. The van der Waals surface area contributed by atoms with Gasteiger partial charge in [0.05, 0.1) is 6.54 Å². The molecule has 0 aliphatic carbocycles. The Hall–Kier alpha value is -3.49. The minimum atomic E-state index is -0.325. The first-order valence-corrected chi connectivity index (χ1v) is 11.8. The van der Waals surface area contributed by atoms with Crippen LogP contribution in [0.2, 0.25) is 0 Å². The molecule has 0 saturated heterocycles. The number of amides is 1. The van der Waals surface area contributed by atoms with E-state index in [0.717, 1.165) is 24.8 Å². The Morgan fingerprint density at radius 1 is 1.09 bits per heavy atom. The zero-order chi connectivity index (χ0) is 24.9. The highest BCUT2D eigenvalue weighted by molar-refractivity contribution is 5.98. The number of ketones is 1. The van der Waals surface area contributed by atoms with Crippen LogP contribution < -0.4 is 16.7 Å². The fraction of sp³-hybridized carbons (Fsp3) is 0.480. The lowest BCUT2D eigenvalue weighted by Gasteiger charge is -2.20. The van der Waals surface area contributed by atoms with Crippen molar-refractivity contribution < 1.29 is 9.59 Å². The van der Waals surface area contributed by atoms with Crippen LogP contribution in [0.5, 0.6) is 0 Å². The van der Waals surface area contributed by atoms with E-state index in [0.29, 0.717) is 29.0 Å². The summed E-state index contributed by atoms with van der Waals surface area (Å²) in [6.45, 7) is 8.12. The van der Waals surface area contributed by atoms with Gasteiger partial charge in [0.15, 0.2) is 17.2 Å². The first-order valence-electron chi connectivity index (χ1n) is 11.8. The molecule has 0 atom stereocenters. The maximum Gasteiger partial charge on any atom is 0.328 e. The van der Waals surface area contributed by atoms with Crippen molar-refractivity contribution in [2.75, 3.05) is 5.73 Å². The second-order valence-corrected chi connectivity index (χ2v) is 9.62. The number of benzene rings is 1. The van der Waals surface area contributed by atoms with Crippen LogP contribution >= 0.6 is 0 Å². The number of H-pyrrole nitrogens is 1. The van der Waals surface area contributed by atoms with Crippen molar-refractivity contribution in [2.24, 2.45) is 0 Å². The van der Waals surface area contributed by atoms with Crippen LogP contribution in [-0.2, 0) is 17.8 Å². The molecule has 0 unspecified atom stereocenters. The van der Waals surface area contributed by atoms with Gasteiger partial charge in [-0.1, -0.05) is 44.0 Å². The molecule has 0 bridgehead atoms. The van der Waals surface area contributed by atoms with Gasteiger partial charge in [-0.2, -0.15) is 0 Å². The zero-order valence-corrected chi connectivity index (χ0v) is 20.4. The lowest BCUT2D eigenvalue weighted by Crippen LogP contribution is -2.40. The maximum absolute atomic E-state index is 12.6. The average molecular weight is 467 g/mol. The molecule has 0 saturated carbocycles. The predicted octanol–water partition coefficient (Wildman–Crippen LogP) is 3.36. The largest absolute Gasteiger partial charge is 0.382 e. The third kappa shape index (κ3) is 6.52. The van der Waals surface area contributed by atoms with Gasteiger partial charge < -0.3 is 16.0 Å². The molecule has 0 aliphatic rings. The molecule has 0 fully saturated rings. The maximum atomic E-state index is 12.6. The summed E-state index contributed by atoms with van der Waals surface area (Å²) in [5.74, 6) is 0.648. The van der Waals surface area contributed by atoms with Gasteiger partial charge in [0, 0.05) is 30.4 Å². The molecule has 9 heteroatoms. The molecular weight excluding hydrogens is 432 g/mol. The van der Waals surface area contributed by atoms with E-state index < -0.39 is 0 Å². The van der Waals surface area contributed by atoms with Crippen LogP contribution in [0.1, 0.15) is 81.5 Å². The number of aromatic amines is 1. The number of aromatic nitrogens is 4. The van der Waals surface area contributed by atoms with E-state index in [1.165, 1.54) is 4.57 Å². The molecule has 0 radical (unpaired) electrons. The van der Waals surface area contributed by atoms with Crippen molar-refractivity contribution in [1.82, 2.24) is 24.8 Å². The second kappa shape index (κ2) is 10.6. The average Bonchev–Trinajstić information content (AvgIpc) is 3.07. The van der Waals surface area contributed by atoms with Gasteiger partial charge in [0.25, 0.3) is 0 Å². The van der Waals surface area contributed by atoms with Crippen LogP contribution in [0.3, 0.4) is 0 Å². The number of fused-ring (bicyclic) bond motifs is 1. The number of nitrogens with zero attached hydrogens (tertiary/aromatic N) is 3. The number of nitrogens with two attached hydrogens (primary N) is 1. The molecule has 2 aromatic heterocycles. The number of hydrogen-bond donors (Lipinski definition) is 3. The Bertz CT molecular complexity index is 1220. The molecule has 4 N–H and O–H groups in total. The van der Waals surface area contributed by atoms with Gasteiger partial charge in [0.2, 0.25) is 5.91 Å².